The number of hydrogen-bond donors (Lipinski definition) is 2. The summed E-state index contributed by atoms with van der Waals surface area (Å²) >= 11 is 1.35. The maximum atomic E-state index is 13.3. The lowest BCUT2D eigenvalue weighted by molar-refractivity contribution is -0.912. The van der Waals surface area contributed by atoms with Gasteiger partial charge in [-0.2, -0.15) is 0 Å². The van der Waals surface area contributed by atoms with Crippen LogP contribution in [0.25, 0.3) is 0 Å². The number of amides is 2. The van der Waals surface area contributed by atoms with E-state index in [9.17, 15) is 14.4 Å². The Balaban J connectivity index is 1.64. The summed E-state index contributed by atoms with van der Waals surface area (Å²) in [5.41, 5.74) is 2.09. The fraction of sp³-hybridized carbons (Fsp3) is 0.615. The largest absolute Gasteiger partial charge is 0.364 e. The topological polar surface area (TPSA) is 101 Å². The molecule has 2 N–H and O–H groups in total. The summed E-state index contributed by atoms with van der Waals surface area (Å²) in [4.78, 5) is 39.5. The van der Waals surface area contributed by atoms with Crippen molar-refractivity contribution in [2.75, 3.05) is 38.0 Å². The third-order valence-corrected chi connectivity index (χ3v) is 7.73. The van der Waals surface area contributed by atoms with Crippen LogP contribution in [0.1, 0.15) is 79.2 Å². The van der Waals surface area contributed by atoms with Crippen LogP contribution in [0, 0.1) is 6.92 Å². The third-order valence-electron chi connectivity index (χ3n) is 6.64. The number of aromatic nitrogens is 1. The molecule has 35 heavy (non-hydrogen) atoms. The first-order valence-electron chi connectivity index (χ1n) is 12.8. The molecule has 192 valence electrons. The highest BCUT2D eigenvalue weighted by atomic mass is 32.1. The SMILES string of the molecule is CCCCCCNC(=O)c1scc(C)c1NC(=O)C[N+]1(CC(=O)Cc2ccon2)CCCCCC1. The van der Waals surface area contributed by atoms with Gasteiger partial charge in [-0.25, -0.2) is 0 Å². The summed E-state index contributed by atoms with van der Waals surface area (Å²) in [7, 11) is 0. The van der Waals surface area contributed by atoms with Crippen LogP contribution in [0.2, 0.25) is 0 Å². The lowest BCUT2D eigenvalue weighted by atomic mass is 10.1. The van der Waals surface area contributed by atoms with E-state index in [2.05, 4.69) is 22.7 Å². The highest BCUT2D eigenvalue weighted by molar-refractivity contribution is 7.13. The van der Waals surface area contributed by atoms with E-state index in [0.717, 1.165) is 70.0 Å². The number of anilines is 1. The van der Waals surface area contributed by atoms with Crippen LogP contribution in [-0.2, 0) is 16.0 Å². The van der Waals surface area contributed by atoms with E-state index in [0.29, 0.717) is 33.8 Å². The number of nitrogens with zero attached hydrogens (tertiary/aromatic N) is 2. The zero-order chi connectivity index (χ0) is 25.1. The molecule has 0 aromatic carbocycles. The molecule has 1 aliphatic heterocycles. The molecule has 1 aliphatic rings. The Morgan fingerprint density at radius 3 is 2.54 bits per heavy atom. The monoisotopic (exact) mass is 503 g/mol. The summed E-state index contributed by atoms with van der Waals surface area (Å²) in [6, 6.07) is 1.70. The summed E-state index contributed by atoms with van der Waals surface area (Å²) in [6.07, 6.45) is 10.3. The van der Waals surface area contributed by atoms with Crippen molar-refractivity contribution < 1.29 is 23.4 Å². The van der Waals surface area contributed by atoms with Gasteiger partial charge in [0.25, 0.3) is 11.8 Å². The van der Waals surface area contributed by atoms with E-state index in [1.54, 1.807) is 6.07 Å². The Morgan fingerprint density at radius 2 is 1.86 bits per heavy atom. The minimum Gasteiger partial charge on any atom is -0.364 e. The molecule has 8 nitrogen and oxygen atoms in total. The maximum absolute atomic E-state index is 13.3. The van der Waals surface area contributed by atoms with Crippen molar-refractivity contribution in [3.05, 3.63) is 33.8 Å². The van der Waals surface area contributed by atoms with Gasteiger partial charge >= 0.3 is 0 Å². The molecule has 0 saturated carbocycles. The van der Waals surface area contributed by atoms with Crippen molar-refractivity contribution in [3.63, 3.8) is 0 Å². The molecular weight excluding hydrogens is 464 g/mol. The van der Waals surface area contributed by atoms with Gasteiger partial charge in [0.05, 0.1) is 30.9 Å². The Morgan fingerprint density at radius 1 is 1.09 bits per heavy atom. The van der Waals surface area contributed by atoms with Gasteiger partial charge in [-0.3, -0.25) is 14.4 Å². The van der Waals surface area contributed by atoms with Crippen LogP contribution in [0.5, 0.6) is 0 Å². The Bertz CT molecular complexity index is 962. The second-order valence-electron chi connectivity index (χ2n) is 9.71. The number of likely N-dealkylation sites (tertiary alicyclic amines) is 1. The van der Waals surface area contributed by atoms with Gasteiger partial charge in [-0.15, -0.1) is 11.3 Å². The van der Waals surface area contributed by atoms with Crippen LogP contribution in [0.15, 0.2) is 22.2 Å². The molecule has 3 heterocycles. The Kier molecular flexibility index (Phi) is 10.5. The molecule has 9 heteroatoms. The average molecular weight is 504 g/mol. The fourth-order valence-electron chi connectivity index (χ4n) is 4.78. The van der Waals surface area contributed by atoms with Gasteiger partial charge in [-0.05, 0) is 50.0 Å². The number of carbonyl (C=O) groups excluding carboxylic acids is 3. The standard InChI is InChI=1S/C26H38N4O4S/c1-3-4-5-8-12-27-26(33)25-24(20(2)19-35-25)28-23(32)18-30(13-9-6-7-10-14-30)17-22(31)16-21-11-15-34-29-21/h11,15,19H,3-10,12-14,16-18H2,1-2H3,(H-,27,28,32,33)/p+1. The molecule has 0 bridgehead atoms. The van der Waals surface area contributed by atoms with Crippen LogP contribution in [0.4, 0.5) is 5.69 Å². The molecule has 2 amide bonds. The van der Waals surface area contributed by atoms with Crippen molar-refractivity contribution in [3.8, 4) is 0 Å². The maximum Gasteiger partial charge on any atom is 0.279 e. The molecular formula is C26H39N4O4S+. The number of thiophene rings is 1. The van der Waals surface area contributed by atoms with Gasteiger partial charge in [0, 0.05) is 12.6 Å². The van der Waals surface area contributed by atoms with Gasteiger partial charge in [0.1, 0.15) is 17.7 Å². The number of Topliss-reactive ketones (excluding diaryl/α,β-unsaturated/α-hetero) is 1. The zero-order valence-electron chi connectivity index (χ0n) is 21.1. The number of carbonyl (C=O) groups is 3. The molecule has 0 unspecified atom stereocenters. The number of ketones is 1. The molecule has 0 radical (unpaired) electrons. The summed E-state index contributed by atoms with van der Waals surface area (Å²) in [5.74, 6) is -0.237. The minimum atomic E-state index is -0.153. The van der Waals surface area contributed by atoms with E-state index in [4.69, 9.17) is 4.52 Å². The number of quaternary nitrogens is 1. The first kappa shape index (κ1) is 27.1. The van der Waals surface area contributed by atoms with Crippen molar-refractivity contribution >= 4 is 34.6 Å². The molecule has 2 aromatic heterocycles. The average Bonchev–Trinajstić information content (AvgIpc) is 3.39. The van der Waals surface area contributed by atoms with Crippen molar-refractivity contribution in [1.82, 2.24) is 10.5 Å². The molecule has 0 spiro atoms. The summed E-state index contributed by atoms with van der Waals surface area (Å²) < 4.78 is 5.30. The Labute approximate surface area is 212 Å². The van der Waals surface area contributed by atoms with Gasteiger partial charge < -0.3 is 19.6 Å². The first-order valence-corrected chi connectivity index (χ1v) is 13.7. The van der Waals surface area contributed by atoms with Gasteiger partial charge in [-0.1, -0.05) is 31.3 Å². The van der Waals surface area contributed by atoms with E-state index in [1.165, 1.54) is 17.6 Å². The van der Waals surface area contributed by atoms with Crippen LogP contribution in [0.3, 0.4) is 0 Å². The molecule has 0 aliphatic carbocycles. The first-order chi connectivity index (χ1) is 16.9. The smallest absolute Gasteiger partial charge is 0.279 e. The van der Waals surface area contributed by atoms with E-state index < -0.39 is 0 Å². The molecule has 3 rings (SSSR count). The fourth-order valence-corrected chi connectivity index (χ4v) is 5.70. The van der Waals surface area contributed by atoms with E-state index >= 15 is 0 Å². The Hall–Kier alpha value is -2.52. The predicted molar refractivity (Wildman–Crippen MR) is 138 cm³/mol. The number of hydrogen-bond acceptors (Lipinski definition) is 6. The zero-order valence-corrected chi connectivity index (χ0v) is 21.9. The van der Waals surface area contributed by atoms with Crippen molar-refractivity contribution in [2.24, 2.45) is 0 Å². The lowest BCUT2D eigenvalue weighted by Crippen LogP contribution is -2.55. The second kappa shape index (κ2) is 13.5. The molecule has 1 saturated heterocycles. The van der Waals surface area contributed by atoms with Crippen molar-refractivity contribution in [2.45, 2.75) is 71.6 Å². The number of aryl methyl sites for hydroxylation is 1. The highest BCUT2D eigenvalue weighted by Gasteiger charge is 2.34. The minimum absolute atomic E-state index is 0.0588. The predicted octanol–water partition coefficient (Wildman–Crippen LogP) is 4.50. The number of unbranched alkanes of at least 4 members (excludes halogenated alkanes) is 3. The number of nitrogens with one attached hydrogen (secondary N) is 2. The summed E-state index contributed by atoms with van der Waals surface area (Å²) in [6.45, 7) is 6.81. The van der Waals surface area contributed by atoms with Gasteiger partial charge in [0.15, 0.2) is 12.3 Å². The van der Waals surface area contributed by atoms with Crippen LogP contribution < -0.4 is 10.6 Å². The normalized spacial score (nSPS) is 15.4. The molecule has 2 aromatic rings. The lowest BCUT2D eigenvalue weighted by Gasteiger charge is -2.36. The van der Waals surface area contributed by atoms with Crippen LogP contribution in [-0.4, -0.2) is 60.0 Å². The van der Waals surface area contributed by atoms with Gasteiger partial charge in [0.2, 0.25) is 0 Å². The molecule has 1 fully saturated rings. The van der Waals surface area contributed by atoms with E-state index in [-0.39, 0.29) is 30.6 Å². The number of rotatable bonds is 13. The quantitative estimate of drug-likeness (QED) is 0.310. The van der Waals surface area contributed by atoms with E-state index in [1.807, 2.05) is 12.3 Å². The third kappa shape index (κ3) is 8.28. The second-order valence-corrected chi connectivity index (χ2v) is 10.6. The highest BCUT2D eigenvalue weighted by Crippen LogP contribution is 2.28. The summed E-state index contributed by atoms with van der Waals surface area (Å²) in [5, 5.41) is 11.8. The van der Waals surface area contributed by atoms with Crippen molar-refractivity contribution in [1.29, 1.82) is 0 Å². The van der Waals surface area contributed by atoms with Crippen LogP contribution >= 0.6 is 11.3 Å². The molecule has 0 atom stereocenters.